The van der Waals surface area contributed by atoms with Crippen LogP contribution in [0.4, 0.5) is 0 Å². The van der Waals surface area contributed by atoms with E-state index < -0.39 is 0 Å². The third-order valence-electron chi connectivity index (χ3n) is 3.64. The van der Waals surface area contributed by atoms with E-state index in [1.54, 1.807) is 0 Å². The summed E-state index contributed by atoms with van der Waals surface area (Å²) in [5.74, 6) is 0. The number of nitrogens with two attached hydrogens (primary N) is 1. The highest BCUT2D eigenvalue weighted by Gasteiger charge is 2.08. The number of rotatable bonds is 13. The van der Waals surface area contributed by atoms with Crippen LogP contribution in [0.15, 0.2) is 24.3 Å². The zero-order chi connectivity index (χ0) is 15.1. The van der Waals surface area contributed by atoms with Crippen LogP contribution in [0.25, 0.3) is 0 Å². The SMILES string of the molecule is BC(B)(/C=C\CCCCC)/C=C\CCCCCCCN. The third kappa shape index (κ3) is 14.0. The molecule has 0 aromatic rings. The van der Waals surface area contributed by atoms with Gasteiger partial charge in [0.1, 0.15) is 15.7 Å². The largest absolute Gasteiger partial charge is 0.330 e. The first kappa shape index (κ1) is 19.6. The topological polar surface area (TPSA) is 26.0 Å². The van der Waals surface area contributed by atoms with Crippen molar-refractivity contribution in [1.82, 2.24) is 0 Å². The lowest BCUT2D eigenvalue weighted by Crippen LogP contribution is -2.05. The third-order valence-corrected chi connectivity index (χ3v) is 3.64. The van der Waals surface area contributed by atoms with Crippen LogP contribution < -0.4 is 5.73 Å². The van der Waals surface area contributed by atoms with Gasteiger partial charge >= 0.3 is 0 Å². The van der Waals surface area contributed by atoms with Crippen molar-refractivity contribution in [3.05, 3.63) is 24.3 Å². The minimum absolute atomic E-state index is 0.214. The van der Waals surface area contributed by atoms with Gasteiger partial charge in [0.05, 0.1) is 0 Å². The Kier molecular flexibility index (Phi) is 13.3. The second-order valence-corrected chi connectivity index (χ2v) is 6.47. The van der Waals surface area contributed by atoms with E-state index in [4.69, 9.17) is 5.73 Å². The summed E-state index contributed by atoms with van der Waals surface area (Å²) in [5, 5.41) is 0.214. The molecule has 114 valence electrons. The van der Waals surface area contributed by atoms with Crippen LogP contribution in [-0.4, -0.2) is 22.2 Å². The Bertz CT molecular complexity index is 260. The van der Waals surface area contributed by atoms with Crippen molar-refractivity contribution in [2.24, 2.45) is 5.73 Å². The Morgan fingerprint density at radius 3 is 1.85 bits per heavy atom. The maximum Gasteiger partial charge on any atom is 0.108 e. The van der Waals surface area contributed by atoms with Crippen molar-refractivity contribution < 1.29 is 0 Å². The van der Waals surface area contributed by atoms with Crippen LogP contribution in [-0.2, 0) is 0 Å². The van der Waals surface area contributed by atoms with Crippen LogP contribution >= 0.6 is 0 Å². The van der Waals surface area contributed by atoms with E-state index in [-0.39, 0.29) is 5.21 Å². The normalized spacial score (nSPS) is 12.7. The Hall–Kier alpha value is -0.430. The number of allylic oxidation sites excluding steroid dienone is 4. The molecule has 1 nitrogen and oxygen atoms in total. The predicted molar refractivity (Wildman–Crippen MR) is 99.0 cm³/mol. The Labute approximate surface area is 129 Å². The van der Waals surface area contributed by atoms with Gasteiger partial charge in [-0.05, 0) is 38.6 Å². The summed E-state index contributed by atoms with van der Waals surface area (Å²) in [6, 6.07) is 0. The molecule has 0 amide bonds. The molecule has 0 heterocycles. The number of hydrogen-bond donors (Lipinski definition) is 1. The van der Waals surface area contributed by atoms with Gasteiger partial charge in [-0.3, -0.25) is 0 Å². The Balaban J connectivity index is 3.64. The predicted octanol–water partition coefficient (Wildman–Crippen LogP) is 3.36. The molecule has 0 unspecified atom stereocenters. The first-order chi connectivity index (χ1) is 9.62. The van der Waals surface area contributed by atoms with Crippen molar-refractivity contribution in [3.8, 4) is 0 Å². The van der Waals surface area contributed by atoms with Crippen molar-refractivity contribution in [1.29, 1.82) is 0 Å². The van der Waals surface area contributed by atoms with E-state index in [0.717, 1.165) is 6.54 Å². The average molecular weight is 275 g/mol. The van der Waals surface area contributed by atoms with Gasteiger partial charge in [0, 0.05) is 0 Å². The summed E-state index contributed by atoms with van der Waals surface area (Å²) < 4.78 is 0. The van der Waals surface area contributed by atoms with Crippen LogP contribution in [0.1, 0.15) is 71.1 Å². The maximum atomic E-state index is 5.49. The van der Waals surface area contributed by atoms with Gasteiger partial charge in [-0.2, -0.15) is 0 Å². The van der Waals surface area contributed by atoms with Gasteiger partial charge in [0.2, 0.25) is 0 Å². The van der Waals surface area contributed by atoms with Crippen molar-refractivity contribution >= 4 is 15.7 Å². The fourth-order valence-corrected chi connectivity index (χ4v) is 2.28. The molecule has 0 saturated heterocycles. The summed E-state index contributed by atoms with van der Waals surface area (Å²) in [5.41, 5.74) is 5.49. The average Bonchev–Trinajstić information content (AvgIpc) is 2.41. The highest BCUT2D eigenvalue weighted by molar-refractivity contribution is 6.42. The first-order valence-electron chi connectivity index (χ1n) is 8.68. The second-order valence-electron chi connectivity index (χ2n) is 6.47. The molecule has 0 aromatic heterocycles. The molecule has 20 heavy (non-hydrogen) atoms. The minimum atomic E-state index is 0.214. The molecule has 0 spiro atoms. The smallest absolute Gasteiger partial charge is 0.108 e. The molecule has 0 fully saturated rings. The Morgan fingerprint density at radius 1 is 0.800 bits per heavy atom. The molecule has 0 aliphatic heterocycles. The highest BCUT2D eigenvalue weighted by Crippen LogP contribution is 2.21. The molecule has 0 aromatic carbocycles. The molecule has 0 saturated carbocycles. The zero-order valence-electron chi connectivity index (χ0n) is 14.2. The molecule has 0 bridgehead atoms. The second kappa shape index (κ2) is 13.5. The van der Waals surface area contributed by atoms with Crippen LogP contribution in [0.2, 0.25) is 5.21 Å². The highest BCUT2D eigenvalue weighted by atomic mass is 14.5. The van der Waals surface area contributed by atoms with Crippen LogP contribution in [0, 0.1) is 0 Å². The van der Waals surface area contributed by atoms with Gasteiger partial charge in [-0.25, -0.2) is 0 Å². The standard InChI is InChI=1S/C17H35B2N/c1-2-3-4-8-11-14-17(18,19)15-12-9-6-5-7-10-13-16-20/h11-12,14-15H,2-10,13,16,18-20H2,1H3/b14-11-,15-12-. The molecule has 0 aliphatic carbocycles. The van der Waals surface area contributed by atoms with Gasteiger partial charge in [-0.1, -0.05) is 68.5 Å². The molecule has 0 aliphatic rings. The molecule has 0 atom stereocenters. The van der Waals surface area contributed by atoms with Gasteiger partial charge < -0.3 is 5.73 Å². The molecule has 0 rings (SSSR count). The van der Waals surface area contributed by atoms with E-state index in [9.17, 15) is 0 Å². The number of unbranched alkanes of at least 4 members (excludes halogenated alkanes) is 8. The van der Waals surface area contributed by atoms with E-state index in [2.05, 4.69) is 46.9 Å². The first-order valence-corrected chi connectivity index (χ1v) is 8.68. The fourth-order valence-electron chi connectivity index (χ4n) is 2.28. The molecule has 3 heteroatoms. The van der Waals surface area contributed by atoms with Gasteiger partial charge in [0.15, 0.2) is 0 Å². The van der Waals surface area contributed by atoms with Crippen LogP contribution in [0.5, 0.6) is 0 Å². The lowest BCUT2D eigenvalue weighted by molar-refractivity contribution is 0.622. The summed E-state index contributed by atoms with van der Waals surface area (Å²) in [7, 11) is 4.59. The van der Waals surface area contributed by atoms with Crippen molar-refractivity contribution in [2.45, 2.75) is 76.3 Å². The van der Waals surface area contributed by atoms with Crippen molar-refractivity contribution in [2.75, 3.05) is 6.54 Å². The minimum Gasteiger partial charge on any atom is -0.330 e. The van der Waals surface area contributed by atoms with Crippen LogP contribution in [0.3, 0.4) is 0 Å². The van der Waals surface area contributed by atoms with Crippen molar-refractivity contribution in [3.63, 3.8) is 0 Å². The van der Waals surface area contributed by atoms with E-state index in [1.807, 2.05) is 0 Å². The summed E-state index contributed by atoms with van der Waals surface area (Å²) >= 11 is 0. The molecule has 2 N–H and O–H groups in total. The number of hydrogen-bond acceptors (Lipinski definition) is 1. The quantitative estimate of drug-likeness (QED) is 0.311. The lowest BCUT2D eigenvalue weighted by atomic mass is 9.54. The zero-order valence-corrected chi connectivity index (χ0v) is 14.2. The Morgan fingerprint density at radius 2 is 1.30 bits per heavy atom. The summed E-state index contributed by atoms with van der Waals surface area (Å²) in [6.45, 7) is 3.10. The van der Waals surface area contributed by atoms with E-state index in [1.165, 1.54) is 64.2 Å². The van der Waals surface area contributed by atoms with E-state index in [0.29, 0.717) is 0 Å². The summed E-state index contributed by atoms with van der Waals surface area (Å²) in [6.07, 6.45) is 22.4. The summed E-state index contributed by atoms with van der Waals surface area (Å²) in [4.78, 5) is 0. The monoisotopic (exact) mass is 275 g/mol. The van der Waals surface area contributed by atoms with Gasteiger partial charge in [0.25, 0.3) is 0 Å². The maximum absolute atomic E-state index is 5.49. The fraction of sp³-hybridized carbons (Fsp3) is 0.765. The lowest BCUT2D eigenvalue weighted by Gasteiger charge is -2.14. The molecular formula is C17H35B2N. The molecular weight excluding hydrogens is 240 g/mol. The van der Waals surface area contributed by atoms with Gasteiger partial charge in [-0.15, -0.1) is 0 Å². The molecule has 0 radical (unpaired) electrons. The van der Waals surface area contributed by atoms with E-state index >= 15 is 0 Å².